The number of hydrogen-bond donors (Lipinski definition) is 1. The molecular formula is C16H13ClN2O3S. The van der Waals surface area contributed by atoms with Gasteiger partial charge in [-0.25, -0.2) is 8.42 Å². The Kier molecular flexibility index (Phi) is 5.27. The van der Waals surface area contributed by atoms with Crippen molar-refractivity contribution in [2.24, 2.45) is 0 Å². The number of methoxy groups -OCH3 is 1. The number of hydrogen-bond acceptors (Lipinski definition) is 4. The van der Waals surface area contributed by atoms with Crippen LogP contribution in [0.1, 0.15) is 5.56 Å². The van der Waals surface area contributed by atoms with Crippen molar-refractivity contribution < 1.29 is 13.2 Å². The Morgan fingerprint density at radius 2 is 1.78 bits per heavy atom. The zero-order valence-electron chi connectivity index (χ0n) is 12.2. The SMILES string of the molecule is COc1ccc(C=C(C#N)S(=O)(=O)Nc2ccc(Cl)cc2)cc1. The molecule has 0 heterocycles. The number of nitrogens with one attached hydrogen (secondary N) is 1. The third kappa shape index (κ3) is 4.49. The highest BCUT2D eigenvalue weighted by atomic mass is 35.5. The first-order valence-corrected chi connectivity index (χ1v) is 8.35. The van der Waals surface area contributed by atoms with Gasteiger partial charge >= 0.3 is 0 Å². The Balaban J connectivity index is 2.28. The summed E-state index contributed by atoms with van der Waals surface area (Å²) in [6.07, 6.45) is 1.29. The molecule has 2 rings (SSSR count). The van der Waals surface area contributed by atoms with Gasteiger partial charge in [0, 0.05) is 10.7 Å². The summed E-state index contributed by atoms with van der Waals surface area (Å²) in [5.74, 6) is 0.641. The second-order valence-corrected chi connectivity index (χ2v) is 6.59. The maximum atomic E-state index is 12.3. The number of benzene rings is 2. The van der Waals surface area contributed by atoms with Crippen molar-refractivity contribution in [3.8, 4) is 11.8 Å². The minimum Gasteiger partial charge on any atom is -0.497 e. The molecule has 0 fully saturated rings. The minimum atomic E-state index is -3.98. The smallest absolute Gasteiger partial charge is 0.272 e. The summed E-state index contributed by atoms with van der Waals surface area (Å²) >= 11 is 5.75. The highest BCUT2D eigenvalue weighted by Crippen LogP contribution is 2.20. The molecule has 7 heteroatoms. The zero-order valence-corrected chi connectivity index (χ0v) is 13.7. The maximum Gasteiger partial charge on any atom is 0.272 e. The van der Waals surface area contributed by atoms with Crippen LogP contribution in [0.2, 0.25) is 5.02 Å². The molecule has 0 spiro atoms. The van der Waals surface area contributed by atoms with Crippen LogP contribution in [0.25, 0.3) is 6.08 Å². The summed E-state index contributed by atoms with van der Waals surface area (Å²) in [6.45, 7) is 0. The molecule has 0 unspecified atom stereocenters. The van der Waals surface area contributed by atoms with E-state index < -0.39 is 14.9 Å². The van der Waals surface area contributed by atoms with Crippen LogP contribution < -0.4 is 9.46 Å². The predicted molar refractivity (Wildman–Crippen MR) is 90.6 cm³/mol. The number of rotatable bonds is 5. The molecule has 0 saturated heterocycles. The number of allylic oxidation sites excluding steroid dienone is 1. The summed E-state index contributed by atoms with van der Waals surface area (Å²) in [4.78, 5) is -0.391. The molecule has 1 N–H and O–H groups in total. The fourth-order valence-electron chi connectivity index (χ4n) is 1.75. The van der Waals surface area contributed by atoms with Crippen molar-refractivity contribution in [2.75, 3.05) is 11.8 Å². The Morgan fingerprint density at radius 1 is 1.17 bits per heavy atom. The standard InChI is InChI=1S/C16H13ClN2O3S/c1-22-15-8-2-12(3-9-15)10-16(11-18)23(20,21)19-14-6-4-13(17)5-7-14/h2-10,19H,1H3. The highest BCUT2D eigenvalue weighted by Gasteiger charge is 2.17. The molecule has 0 radical (unpaired) electrons. The van der Waals surface area contributed by atoms with Crippen LogP contribution in [-0.2, 0) is 10.0 Å². The molecule has 0 aromatic heterocycles. The molecule has 0 saturated carbocycles. The van der Waals surface area contributed by atoms with Gasteiger partial charge in [-0.15, -0.1) is 0 Å². The summed E-state index contributed by atoms with van der Waals surface area (Å²) in [5.41, 5.74) is 0.897. The number of halogens is 1. The molecule has 2 aromatic carbocycles. The number of ether oxygens (including phenoxy) is 1. The Labute approximate surface area is 139 Å². The molecule has 0 bridgehead atoms. The van der Waals surface area contributed by atoms with Gasteiger partial charge in [-0.2, -0.15) is 5.26 Å². The van der Waals surface area contributed by atoms with E-state index in [0.717, 1.165) is 0 Å². The van der Waals surface area contributed by atoms with Crippen molar-refractivity contribution in [1.29, 1.82) is 5.26 Å². The lowest BCUT2D eigenvalue weighted by atomic mass is 10.2. The number of nitriles is 1. The maximum absolute atomic E-state index is 12.3. The lowest BCUT2D eigenvalue weighted by molar-refractivity contribution is 0.415. The van der Waals surface area contributed by atoms with Crippen LogP contribution in [0, 0.1) is 11.3 Å². The van der Waals surface area contributed by atoms with E-state index in [2.05, 4.69) is 4.72 Å². The highest BCUT2D eigenvalue weighted by molar-refractivity contribution is 7.96. The van der Waals surface area contributed by atoms with Crippen LogP contribution in [0.3, 0.4) is 0 Å². The van der Waals surface area contributed by atoms with E-state index >= 15 is 0 Å². The van der Waals surface area contributed by atoms with E-state index in [1.807, 2.05) is 0 Å². The third-order valence-corrected chi connectivity index (χ3v) is 4.45. The summed E-state index contributed by atoms with van der Waals surface area (Å²) in [7, 11) is -2.44. The van der Waals surface area contributed by atoms with E-state index in [-0.39, 0.29) is 0 Å². The fraction of sp³-hybridized carbons (Fsp3) is 0.0625. The predicted octanol–water partition coefficient (Wildman–Crippen LogP) is 3.65. The number of anilines is 1. The Bertz CT molecular complexity index is 852. The average Bonchev–Trinajstić information content (AvgIpc) is 2.55. The van der Waals surface area contributed by atoms with Crippen LogP contribution >= 0.6 is 11.6 Å². The van der Waals surface area contributed by atoms with E-state index in [0.29, 0.717) is 22.0 Å². The van der Waals surface area contributed by atoms with Crippen LogP contribution in [0.4, 0.5) is 5.69 Å². The molecule has 0 aliphatic carbocycles. The van der Waals surface area contributed by atoms with Crippen LogP contribution in [0.5, 0.6) is 5.75 Å². The third-order valence-electron chi connectivity index (χ3n) is 2.91. The largest absolute Gasteiger partial charge is 0.497 e. The topological polar surface area (TPSA) is 79.2 Å². The average molecular weight is 349 g/mol. The van der Waals surface area contributed by atoms with Gasteiger partial charge < -0.3 is 4.74 Å². The van der Waals surface area contributed by atoms with Gasteiger partial charge in [0.25, 0.3) is 10.0 Å². The van der Waals surface area contributed by atoms with E-state index in [9.17, 15) is 8.42 Å². The van der Waals surface area contributed by atoms with Gasteiger partial charge in [0.1, 0.15) is 11.8 Å². The van der Waals surface area contributed by atoms with Crippen molar-refractivity contribution in [2.45, 2.75) is 0 Å². The van der Waals surface area contributed by atoms with Gasteiger partial charge in [-0.1, -0.05) is 23.7 Å². The van der Waals surface area contributed by atoms with Crippen molar-refractivity contribution in [1.82, 2.24) is 0 Å². The van der Waals surface area contributed by atoms with E-state index in [4.69, 9.17) is 21.6 Å². The first-order chi connectivity index (χ1) is 10.9. The molecule has 118 valence electrons. The molecule has 0 aliphatic rings. The molecule has 0 aliphatic heterocycles. The Hall–Kier alpha value is -2.49. The van der Waals surface area contributed by atoms with Gasteiger partial charge in [0.05, 0.1) is 7.11 Å². The minimum absolute atomic E-state index is 0.324. The first kappa shape index (κ1) is 16.9. The quantitative estimate of drug-likeness (QED) is 0.836. The molecule has 5 nitrogen and oxygen atoms in total. The molecule has 0 atom stereocenters. The van der Waals surface area contributed by atoms with Crippen molar-refractivity contribution in [3.63, 3.8) is 0 Å². The van der Waals surface area contributed by atoms with Crippen molar-refractivity contribution >= 4 is 33.4 Å². The molecular weight excluding hydrogens is 336 g/mol. The van der Waals surface area contributed by atoms with Gasteiger partial charge in [-0.3, -0.25) is 4.72 Å². The zero-order chi connectivity index (χ0) is 16.9. The van der Waals surface area contributed by atoms with Gasteiger partial charge in [0.2, 0.25) is 0 Å². The first-order valence-electron chi connectivity index (χ1n) is 6.49. The number of sulfonamides is 1. The lowest BCUT2D eigenvalue weighted by Crippen LogP contribution is -2.14. The van der Waals surface area contributed by atoms with E-state index in [1.165, 1.54) is 25.3 Å². The monoisotopic (exact) mass is 348 g/mol. The molecule has 0 amide bonds. The molecule has 23 heavy (non-hydrogen) atoms. The second-order valence-electron chi connectivity index (χ2n) is 4.51. The summed E-state index contributed by atoms with van der Waals surface area (Å²) < 4.78 is 31.9. The molecule has 2 aromatic rings. The second kappa shape index (κ2) is 7.18. The fourth-order valence-corrected chi connectivity index (χ4v) is 2.84. The van der Waals surface area contributed by atoms with Crippen LogP contribution in [-0.4, -0.2) is 15.5 Å². The van der Waals surface area contributed by atoms with Gasteiger partial charge in [-0.05, 0) is 48.0 Å². The summed E-state index contributed by atoms with van der Waals surface area (Å²) in [5, 5.41) is 9.65. The van der Waals surface area contributed by atoms with Crippen LogP contribution in [0.15, 0.2) is 53.4 Å². The van der Waals surface area contributed by atoms with Crippen molar-refractivity contribution in [3.05, 3.63) is 64.0 Å². The summed E-state index contributed by atoms with van der Waals surface area (Å²) in [6, 6.07) is 14.5. The Morgan fingerprint density at radius 3 is 2.30 bits per heavy atom. The normalized spacial score (nSPS) is 11.6. The van der Waals surface area contributed by atoms with Gasteiger partial charge in [0.15, 0.2) is 4.91 Å². The lowest BCUT2D eigenvalue weighted by Gasteiger charge is -2.07. The number of nitrogens with zero attached hydrogens (tertiary/aromatic N) is 1. The van der Waals surface area contributed by atoms with E-state index in [1.54, 1.807) is 42.5 Å².